The van der Waals surface area contributed by atoms with Gasteiger partial charge in [0.2, 0.25) is 0 Å². The molecular formula is C15H24O3S. The van der Waals surface area contributed by atoms with Gasteiger partial charge in [-0.05, 0) is 48.3 Å². The lowest BCUT2D eigenvalue weighted by atomic mass is 9.95. The summed E-state index contributed by atoms with van der Waals surface area (Å²) >= 11 is 0. The van der Waals surface area contributed by atoms with Crippen LogP contribution in [0.25, 0.3) is 0 Å². The van der Waals surface area contributed by atoms with Crippen LogP contribution in [0.2, 0.25) is 0 Å². The molecule has 0 unspecified atom stereocenters. The van der Waals surface area contributed by atoms with Crippen molar-refractivity contribution in [3.63, 3.8) is 0 Å². The molecule has 1 aromatic rings. The molecule has 0 aliphatic carbocycles. The maximum absolute atomic E-state index is 11.5. The van der Waals surface area contributed by atoms with E-state index < -0.39 is 10.1 Å². The molecule has 0 saturated heterocycles. The first-order chi connectivity index (χ1) is 8.61. The molecule has 0 aliphatic rings. The van der Waals surface area contributed by atoms with Gasteiger partial charge in [-0.2, -0.15) is 8.42 Å². The van der Waals surface area contributed by atoms with Crippen molar-refractivity contribution in [3.8, 4) is 0 Å². The normalized spacial score (nSPS) is 12.4. The van der Waals surface area contributed by atoms with E-state index in [0.717, 1.165) is 17.5 Å². The molecule has 0 aromatic heterocycles. The van der Waals surface area contributed by atoms with Crippen molar-refractivity contribution in [1.82, 2.24) is 0 Å². The second-order valence-electron chi connectivity index (χ2n) is 6.07. The summed E-state index contributed by atoms with van der Waals surface area (Å²) in [6, 6.07) is 3.79. The zero-order valence-electron chi connectivity index (χ0n) is 12.4. The molecule has 0 amide bonds. The highest BCUT2D eigenvalue weighted by Gasteiger charge is 2.20. The van der Waals surface area contributed by atoms with Crippen LogP contribution < -0.4 is 0 Å². The van der Waals surface area contributed by atoms with Gasteiger partial charge in [-0.15, -0.1) is 0 Å². The molecular weight excluding hydrogens is 260 g/mol. The zero-order chi connectivity index (χ0) is 14.8. The predicted molar refractivity (Wildman–Crippen MR) is 78.1 cm³/mol. The van der Waals surface area contributed by atoms with Crippen molar-refractivity contribution >= 4 is 10.1 Å². The standard InChI is InChI=1S/C15H24O3S/c1-10(2)6-13-8-12(5)15(19(16,17)18)14(9-13)7-11(3)4/h8-11H,6-7H2,1-5H3,(H,16,17,18). The van der Waals surface area contributed by atoms with Crippen molar-refractivity contribution in [2.45, 2.75) is 52.4 Å². The van der Waals surface area contributed by atoms with E-state index in [1.54, 1.807) is 6.92 Å². The largest absolute Gasteiger partial charge is 0.295 e. The van der Waals surface area contributed by atoms with E-state index in [1.165, 1.54) is 0 Å². The van der Waals surface area contributed by atoms with Crippen LogP contribution in [-0.2, 0) is 23.0 Å². The van der Waals surface area contributed by atoms with Gasteiger partial charge >= 0.3 is 0 Å². The second kappa shape index (κ2) is 6.06. The third kappa shape index (κ3) is 4.62. The van der Waals surface area contributed by atoms with Gasteiger partial charge < -0.3 is 0 Å². The Kier molecular flexibility index (Phi) is 5.16. The summed E-state index contributed by atoms with van der Waals surface area (Å²) in [7, 11) is -4.15. The molecule has 0 radical (unpaired) electrons. The minimum Gasteiger partial charge on any atom is -0.282 e. The van der Waals surface area contributed by atoms with E-state index in [-0.39, 0.29) is 4.90 Å². The zero-order valence-corrected chi connectivity index (χ0v) is 13.2. The van der Waals surface area contributed by atoms with Crippen LogP contribution in [-0.4, -0.2) is 13.0 Å². The van der Waals surface area contributed by atoms with Gasteiger partial charge in [-0.25, -0.2) is 0 Å². The van der Waals surface area contributed by atoms with Gasteiger partial charge in [-0.1, -0.05) is 39.8 Å². The molecule has 4 heteroatoms. The van der Waals surface area contributed by atoms with Gasteiger partial charge in [0, 0.05) is 0 Å². The Morgan fingerprint density at radius 2 is 1.58 bits per heavy atom. The Balaban J connectivity index is 3.39. The molecule has 1 aromatic carbocycles. The molecule has 3 nitrogen and oxygen atoms in total. The summed E-state index contributed by atoms with van der Waals surface area (Å²) in [4.78, 5) is 0.0914. The number of aryl methyl sites for hydroxylation is 1. The monoisotopic (exact) mass is 284 g/mol. The molecule has 19 heavy (non-hydrogen) atoms. The number of benzene rings is 1. The van der Waals surface area contributed by atoms with E-state index in [9.17, 15) is 13.0 Å². The fourth-order valence-electron chi connectivity index (χ4n) is 2.48. The van der Waals surface area contributed by atoms with Crippen LogP contribution in [0.4, 0.5) is 0 Å². The molecule has 0 aliphatic heterocycles. The Morgan fingerprint density at radius 1 is 1.05 bits per heavy atom. The van der Waals surface area contributed by atoms with E-state index in [4.69, 9.17) is 0 Å². The van der Waals surface area contributed by atoms with Gasteiger partial charge in [0.05, 0.1) is 4.90 Å². The highest BCUT2D eigenvalue weighted by molar-refractivity contribution is 7.86. The van der Waals surface area contributed by atoms with E-state index in [0.29, 0.717) is 23.8 Å². The first-order valence-corrected chi connectivity index (χ1v) is 8.15. The summed E-state index contributed by atoms with van der Waals surface area (Å²) in [6.07, 6.45) is 1.57. The second-order valence-corrected chi connectivity index (χ2v) is 7.43. The number of rotatable bonds is 5. The van der Waals surface area contributed by atoms with Crippen LogP contribution in [0.5, 0.6) is 0 Å². The van der Waals surface area contributed by atoms with Gasteiger partial charge in [0.15, 0.2) is 0 Å². The van der Waals surface area contributed by atoms with E-state index >= 15 is 0 Å². The number of hydrogen-bond acceptors (Lipinski definition) is 2. The molecule has 108 valence electrons. The lowest BCUT2D eigenvalue weighted by molar-refractivity contribution is 0.480. The minimum absolute atomic E-state index is 0.0914. The average molecular weight is 284 g/mol. The first kappa shape index (κ1) is 16.2. The Labute approximate surface area is 116 Å². The van der Waals surface area contributed by atoms with Crippen LogP contribution >= 0.6 is 0 Å². The summed E-state index contributed by atoms with van der Waals surface area (Å²) < 4.78 is 32.5. The van der Waals surface area contributed by atoms with Crippen molar-refractivity contribution in [3.05, 3.63) is 28.8 Å². The van der Waals surface area contributed by atoms with Gasteiger partial charge in [0.25, 0.3) is 10.1 Å². The van der Waals surface area contributed by atoms with Gasteiger partial charge in [-0.3, -0.25) is 4.55 Å². The van der Waals surface area contributed by atoms with Gasteiger partial charge in [0.1, 0.15) is 0 Å². The van der Waals surface area contributed by atoms with E-state index in [2.05, 4.69) is 13.8 Å². The average Bonchev–Trinajstić information content (AvgIpc) is 2.10. The maximum atomic E-state index is 11.5. The lowest BCUT2D eigenvalue weighted by Gasteiger charge is -2.15. The molecule has 1 rings (SSSR count). The Hall–Kier alpha value is -0.870. The summed E-state index contributed by atoms with van der Waals surface area (Å²) in [6.45, 7) is 10.1. The Morgan fingerprint density at radius 3 is 2.00 bits per heavy atom. The van der Waals surface area contributed by atoms with Crippen LogP contribution in [0.3, 0.4) is 0 Å². The molecule has 0 fully saturated rings. The molecule has 1 N–H and O–H groups in total. The van der Waals surface area contributed by atoms with E-state index in [1.807, 2.05) is 26.0 Å². The highest BCUT2D eigenvalue weighted by Crippen LogP contribution is 2.26. The third-order valence-electron chi connectivity index (χ3n) is 2.94. The lowest BCUT2D eigenvalue weighted by Crippen LogP contribution is -2.10. The summed E-state index contributed by atoms with van der Waals surface area (Å²) in [5, 5.41) is 0. The Bertz CT molecular complexity index is 543. The SMILES string of the molecule is Cc1cc(CC(C)C)cc(CC(C)C)c1S(=O)(=O)O. The van der Waals surface area contributed by atoms with Crippen molar-refractivity contribution in [2.24, 2.45) is 11.8 Å². The third-order valence-corrected chi connectivity index (χ3v) is 4.04. The quantitative estimate of drug-likeness (QED) is 0.840. The van der Waals surface area contributed by atoms with Crippen molar-refractivity contribution in [1.29, 1.82) is 0 Å². The smallest absolute Gasteiger partial charge is 0.282 e. The van der Waals surface area contributed by atoms with Crippen molar-refractivity contribution in [2.75, 3.05) is 0 Å². The fourth-order valence-corrected chi connectivity index (χ4v) is 3.42. The highest BCUT2D eigenvalue weighted by atomic mass is 32.2. The van der Waals surface area contributed by atoms with Crippen LogP contribution in [0.1, 0.15) is 44.4 Å². The molecule has 0 heterocycles. The number of hydrogen-bond donors (Lipinski definition) is 1. The summed E-state index contributed by atoms with van der Waals surface area (Å²) in [5.41, 5.74) is 2.50. The molecule has 0 spiro atoms. The molecule has 0 atom stereocenters. The predicted octanol–water partition coefficient (Wildman–Crippen LogP) is 3.64. The molecule has 0 bridgehead atoms. The van der Waals surface area contributed by atoms with Crippen LogP contribution in [0.15, 0.2) is 17.0 Å². The maximum Gasteiger partial charge on any atom is 0.295 e. The molecule has 0 saturated carbocycles. The fraction of sp³-hybridized carbons (Fsp3) is 0.600. The minimum atomic E-state index is -4.15. The van der Waals surface area contributed by atoms with Crippen molar-refractivity contribution < 1.29 is 13.0 Å². The van der Waals surface area contributed by atoms with Crippen LogP contribution in [0, 0.1) is 18.8 Å². The topological polar surface area (TPSA) is 54.4 Å². The summed E-state index contributed by atoms with van der Waals surface area (Å²) in [5.74, 6) is 0.858. The first-order valence-electron chi connectivity index (χ1n) is 6.71.